The third-order valence-electron chi connectivity index (χ3n) is 4.88. The standard InChI is InChI=1S/C21H22ClF3N4O4S/c1-2-26-14(10-27-20(32)16-5-6-17(22)34-16)19(31)28-12-3-4-15(13(9-12)21(23,24)25)29-7-8-33-11-18(29)30/h3-6,9,14,26H,2,7-8,10-11H2,1H3,(H,27,32)(H,28,31)/t14-/m1/s1. The predicted molar refractivity (Wildman–Crippen MR) is 122 cm³/mol. The first-order chi connectivity index (χ1) is 16.1. The molecule has 1 aromatic carbocycles. The van der Waals surface area contributed by atoms with Crippen molar-refractivity contribution in [2.75, 3.05) is 43.1 Å². The van der Waals surface area contributed by atoms with Crippen molar-refractivity contribution < 1.29 is 32.3 Å². The van der Waals surface area contributed by atoms with Crippen LogP contribution in [-0.4, -0.2) is 56.6 Å². The van der Waals surface area contributed by atoms with Crippen molar-refractivity contribution in [2.24, 2.45) is 0 Å². The zero-order valence-corrected chi connectivity index (χ0v) is 19.6. The van der Waals surface area contributed by atoms with Gasteiger partial charge in [-0.2, -0.15) is 13.2 Å². The second kappa shape index (κ2) is 11.2. The Labute approximate surface area is 202 Å². The Morgan fingerprint density at radius 3 is 2.65 bits per heavy atom. The van der Waals surface area contributed by atoms with Gasteiger partial charge < -0.3 is 25.6 Å². The number of nitrogens with zero attached hydrogens (tertiary/aromatic N) is 1. The molecular weight excluding hydrogens is 497 g/mol. The number of anilines is 2. The monoisotopic (exact) mass is 518 g/mol. The van der Waals surface area contributed by atoms with E-state index >= 15 is 0 Å². The molecule has 1 fully saturated rings. The first kappa shape index (κ1) is 25.9. The summed E-state index contributed by atoms with van der Waals surface area (Å²) in [6, 6.07) is 5.43. The Balaban J connectivity index is 1.74. The summed E-state index contributed by atoms with van der Waals surface area (Å²) in [6.07, 6.45) is -4.76. The van der Waals surface area contributed by atoms with Crippen molar-refractivity contribution in [3.8, 4) is 0 Å². The van der Waals surface area contributed by atoms with E-state index in [1.807, 2.05) is 0 Å². The maximum atomic E-state index is 13.7. The minimum Gasteiger partial charge on any atom is -0.370 e. The highest BCUT2D eigenvalue weighted by Crippen LogP contribution is 2.38. The first-order valence-corrected chi connectivity index (χ1v) is 11.5. The first-order valence-electron chi connectivity index (χ1n) is 10.3. The van der Waals surface area contributed by atoms with Crippen molar-refractivity contribution in [1.82, 2.24) is 10.6 Å². The average Bonchev–Trinajstić information content (AvgIpc) is 3.22. The fourth-order valence-electron chi connectivity index (χ4n) is 3.30. The topological polar surface area (TPSA) is 99.8 Å². The average molecular weight is 519 g/mol. The molecule has 1 aromatic heterocycles. The number of likely N-dealkylation sites (N-methyl/N-ethyl adjacent to an activating group) is 1. The van der Waals surface area contributed by atoms with E-state index in [0.29, 0.717) is 15.8 Å². The number of nitrogens with one attached hydrogen (secondary N) is 3. The number of rotatable bonds is 8. The molecule has 0 bridgehead atoms. The van der Waals surface area contributed by atoms with Gasteiger partial charge >= 0.3 is 6.18 Å². The van der Waals surface area contributed by atoms with Crippen molar-refractivity contribution in [3.63, 3.8) is 0 Å². The van der Waals surface area contributed by atoms with Crippen LogP contribution >= 0.6 is 22.9 Å². The minimum atomic E-state index is -4.76. The molecule has 184 valence electrons. The number of halogens is 4. The highest BCUT2D eigenvalue weighted by Gasteiger charge is 2.37. The molecule has 0 spiro atoms. The molecule has 3 rings (SSSR count). The normalized spacial score (nSPS) is 15.2. The molecule has 1 atom stereocenters. The number of carbonyl (C=O) groups excluding carboxylic acids is 3. The van der Waals surface area contributed by atoms with Gasteiger partial charge in [0.25, 0.3) is 11.8 Å². The molecule has 0 aliphatic carbocycles. The van der Waals surface area contributed by atoms with Crippen LogP contribution in [0.4, 0.5) is 24.5 Å². The van der Waals surface area contributed by atoms with Crippen LogP contribution in [0.5, 0.6) is 0 Å². The Kier molecular flexibility index (Phi) is 8.52. The van der Waals surface area contributed by atoms with Crippen molar-refractivity contribution in [2.45, 2.75) is 19.1 Å². The second-order valence-electron chi connectivity index (χ2n) is 7.24. The van der Waals surface area contributed by atoms with Gasteiger partial charge in [0.15, 0.2) is 0 Å². The summed E-state index contributed by atoms with van der Waals surface area (Å²) in [5.74, 6) is -1.63. The van der Waals surface area contributed by atoms with Crippen LogP contribution in [0.3, 0.4) is 0 Å². The van der Waals surface area contributed by atoms with Crippen LogP contribution < -0.4 is 20.9 Å². The van der Waals surface area contributed by atoms with E-state index in [2.05, 4.69) is 16.0 Å². The van der Waals surface area contributed by atoms with Gasteiger partial charge in [-0.15, -0.1) is 11.3 Å². The highest BCUT2D eigenvalue weighted by atomic mass is 35.5. The van der Waals surface area contributed by atoms with Crippen LogP contribution in [-0.2, 0) is 20.5 Å². The molecule has 0 unspecified atom stereocenters. The van der Waals surface area contributed by atoms with E-state index in [1.165, 1.54) is 6.07 Å². The summed E-state index contributed by atoms with van der Waals surface area (Å²) in [7, 11) is 0. The number of hydrogen-bond acceptors (Lipinski definition) is 6. The van der Waals surface area contributed by atoms with E-state index in [4.69, 9.17) is 16.3 Å². The SMILES string of the molecule is CCN[C@H](CNC(=O)c1ccc(Cl)s1)C(=O)Nc1ccc(N2CCOCC2=O)c(C(F)(F)F)c1. The van der Waals surface area contributed by atoms with E-state index in [0.717, 1.165) is 28.4 Å². The summed E-state index contributed by atoms with van der Waals surface area (Å²) in [6.45, 7) is 1.84. The number of morpholine rings is 1. The lowest BCUT2D eigenvalue weighted by Gasteiger charge is -2.29. The number of carbonyl (C=O) groups is 3. The number of alkyl halides is 3. The molecule has 34 heavy (non-hydrogen) atoms. The van der Waals surface area contributed by atoms with Crippen LogP contribution in [0.25, 0.3) is 0 Å². The molecular formula is C21H22ClF3N4O4S. The van der Waals surface area contributed by atoms with E-state index in [-0.39, 0.29) is 37.7 Å². The maximum absolute atomic E-state index is 13.7. The molecule has 1 aliphatic rings. The number of benzene rings is 1. The zero-order chi connectivity index (χ0) is 24.9. The highest BCUT2D eigenvalue weighted by molar-refractivity contribution is 7.18. The molecule has 3 N–H and O–H groups in total. The molecule has 1 aliphatic heterocycles. The maximum Gasteiger partial charge on any atom is 0.418 e. The van der Waals surface area contributed by atoms with Crippen molar-refractivity contribution in [3.05, 3.63) is 45.1 Å². The van der Waals surface area contributed by atoms with Gasteiger partial charge in [0.1, 0.15) is 12.6 Å². The lowest BCUT2D eigenvalue weighted by atomic mass is 10.1. The van der Waals surface area contributed by atoms with Crippen LogP contribution in [0.15, 0.2) is 30.3 Å². The Hall–Kier alpha value is -2.67. The summed E-state index contributed by atoms with van der Waals surface area (Å²) in [5.41, 5.74) is -1.45. The Morgan fingerprint density at radius 2 is 2.03 bits per heavy atom. The van der Waals surface area contributed by atoms with E-state index in [1.54, 1.807) is 19.1 Å². The number of amides is 3. The summed E-state index contributed by atoms with van der Waals surface area (Å²) >= 11 is 6.90. The van der Waals surface area contributed by atoms with Gasteiger partial charge in [-0.1, -0.05) is 18.5 Å². The fourth-order valence-corrected chi connectivity index (χ4v) is 4.26. The molecule has 2 aromatic rings. The summed E-state index contributed by atoms with van der Waals surface area (Å²) in [5, 5.41) is 7.95. The van der Waals surface area contributed by atoms with Gasteiger partial charge in [0.2, 0.25) is 5.91 Å². The van der Waals surface area contributed by atoms with Crippen molar-refractivity contribution in [1.29, 1.82) is 0 Å². The van der Waals surface area contributed by atoms with Crippen LogP contribution in [0, 0.1) is 0 Å². The lowest BCUT2D eigenvalue weighted by molar-refractivity contribution is -0.137. The number of hydrogen-bond donors (Lipinski definition) is 3. The number of ether oxygens (including phenoxy) is 1. The largest absolute Gasteiger partial charge is 0.418 e. The third kappa shape index (κ3) is 6.47. The minimum absolute atomic E-state index is 0.00867. The molecule has 13 heteroatoms. The van der Waals surface area contributed by atoms with E-state index < -0.39 is 35.5 Å². The van der Waals surface area contributed by atoms with Gasteiger partial charge in [0.05, 0.1) is 27.1 Å². The number of thiophene rings is 1. The zero-order valence-electron chi connectivity index (χ0n) is 18.0. The molecule has 2 heterocycles. The second-order valence-corrected chi connectivity index (χ2v) is 8.96. The Morgan fingerprint density at radius 1 is 1.26 bits per heavy atom. The molecule has 8 nitrogen and oxygen atoms in total. The van der Waals surface area contributed by atoms with Crippen LogP contribution in [0.1, 0.15) is 22.2 Å². The predicted octanol–water partition coefficient (Wildman–Crippen LogP) is 3.13. The smallest absolute Gasteiger partial charge is 0.370 e. The summed E-state index contributed by atoms with van der Waals surface area (Å²) < 4.78 is 46.7. The quantitative estimate of drug-likeness (QED) is 0.498. The van der Waals surface area contributed by atoms with Crippen LogP contribution in [0.2, 0.25) is 4.34 Å². The van der Waals surface area contributed by atoms with Gasteiger partial charge in [-0.3, -0.25) is 14.4 Å². The van der Waals surface area contributed by atoms with Gasteiger partial charge in [-0.05, 0) is 36.9 Å². The lowest BCUT2D eigenvalue weighted by Crippen LogP contribution is -2.48. The molecule has 0 radical (unpaired) electrons. The summed E-state index contributed by atoms with van der Waals surface area (Å²) in [4.78, 5) is 38.4. The fraction of sp³-hybridized carbons (Fsp3) is 0.381. The van der Waals surface area contributed by atoms with E-state index in [9.17, 15) is 27.6 Å². The molecule has 0 saturated carbocycles. The van der Waals surface area contributed by atoms with Gasteiger partial charge in [-0.25, -0.2) is 0 Å². The molecule has 1 saturated heterocycles. The van der Waals surface area contributed by atoms with Gasteiger partial charge in [0, 0.05) is 18.8 Å². The molecule has 3 amide bonds. The Bertz CT molecular complexity index is 1060. The third-order valence-corrected chi connectivity index (χ3v) is 6.11. The van der Waals surface area contributed by atoms with Crippen molar-refractivity contribution >= 4 is 52.0 Å².